The van der Waals surface area contributed by atoms with Crippen LogP contribution in [0.25, 0.3) is 0 Å². The number of nitrogens with one attached hydrogen (secondary N) is 1. The maximum atomic E-state index is 9.02. The molecule has 0 aromatic heterocycles. The predicted molar refractivity (Wildman–Crippen MR) is 68.8 cm³/mol. The van der Waals surface area contributed by atoms with Gasteiger partial charge in [0.2, 0.25) is 0 Å². The van der Waals surface area contributed by atoms with Crippen molar-refractivity contribution in [3.05, 3.63) is 0 Å². The lowest BCUT2D eigenvalue weighted by Gasteiger charge is -2.31. The van der Waals surface area contributed by atoms with Crippen LogP contribution >= 0.6 is 0 Å². The molecule has 0 bridgehead atoms. The summed E-state index contributed by atoms with van der Waals surface area (Å²) < 4.78 is 5.36. The van der Waals surface area contributed by atoms with Crippen molar-refractivity contribution in [3.8, 4) is 6.07 Å². The maximum Gasteiger partial charge on any atom is 0.0965 e. The van der Waals surface area contributed by atoms with Gasteiger partial charge >= 0.3 is 0 Å². The lowest BCUT2D eigenvalue weighted by molar-refractivity contribution is 0.0424. The van der Waals surface area contributed by atoms with Crippen LogP contribution in [-0.4, -0.2) is 50.3 Å². The zero-order chi connectivity index (χ0) is 12.5. The molecule has 0 aliphatic carbocycles. The molecule has 4 nitrogen and oxygen atoms in total. The van der Waals surface area contributed by atoms with Gasteiger partial charge in [-0.15, -0.1) is 0 Å². The highest BCUT2D eigenvalue weighted by molar-refractivity contribution is 4.90. The first-order valence-corrected chi connectivity index (χ1v) is 6.69. The fourth-order valence-corrected chi connectivity index (χ4v) is 2.17. The normalized spacial score (nSPS) is 19.2. The van der Waals surface area contributed by atoms with Crippen LogP contribution in [0, 0.1) is 11.3 Å². The van der Waals surface area contributed by atoms with Crippen LogP contribution in [0.2, 0.25) is 0 Å². The Morgan fingerprint density at radius 3 is 2.76 bits per heavy atom. The number of rotatable bonds is 7. The highest BCUT2D eigenvalue weighted by Gasteiger charge is 2.19. The minimum atomic E-state index is -0.00256. The third kappa shape index (κ3) is 5.49. The first kappa shape index (κ1) is 14.4. The molecule has 0 amide bonds. The Labute approximate surface area is 105 Å². The summed E-state index contributed by atoms with van der Waals surface area (Å²) in [5.74, 6) is 0. The molecule has 1 fully saturated rings. The second-order valence-electron chi connectivity index (χ2n) is 4.75. The standard InChI is InChI=1S/C13H25N3O/c1-3-7-15-12(11-14)4-8-16(2)13-5-9-17-10-6-13/h12-13,15H,3-10H2,1-2H3. The molecule has 1 unspecified atom stereocenters. The van der Waals surface area contributed by atoms with Crippen LogP contribution in [0.4, 0.5) is 0 Å². The van der Waals surface area contributed by atoms with Crippen molar-refractivity contribution in [1.29, 1.82) is 5.26 Å². The zero-order valence-corrected chi connectivity index (χ0v) is 11.1. The molecule has 1 N–H and O–H groups in total. The summed E-state index contributed by atoms with van der Waals surface area (Å²) in [7, 11) is 2.16. The zero-order valence-electron chi connectivity index (χ0n) is 11.1. The Kier molecular flexibility index (Phi) is 7.18. The Hall–Kier alpha value is -0.630. The molecule has 0 radical (unpaired) electrons. The van der Waals surface area contributed by atoms with Gasteiger partial charge in [-0.3, -0.25) is 0 Å². The molecule has 1 rings (SSSR count). The van der Waals surface area contributed by atoms with Crippen molar-refractivity contribution in [1.82, 2.24) is 10.2 Å². The lowest BCUT2D eigenvalue weighted by Crippen LogP contribution is -2.39. The van der Waals surface area contributed by atoms with E-state index in [1.807, 2.05) is 0 Å². The van der Waals surface area contributed by atoms with Gasteiger partial charge in [0.15, 0.2) is 0 Å². The smallest absolute Gasteiger partial charge is 0.0965 e. The summed E-state index contributed by atoms with van der Waals surface area (Å²) in [4.78, 5) is 2.38. The topological polar surface area (TPSA) is 48.3 Å². The lowest BCUT2D eigenvalue weighted by atomic mass is 10.1. The van der Waals surface area contributed by atoms with Gasteiger partial charge in [-0.1, -0.05) is 6.92 Å². The number of hydrogen-bond acceptors (Lipinski definition) is 4. The van der Waals surface area contributed by atoms with Crippen molar-refractivity contribution >= 4 is 0 Å². The Bertz CT molecular complexity index is 233. The van der Waals surface area contributed by atoms with E-state index in [4.69, 9.17) is 10.00 Å². The van der Waals surface area contributed by atoms with E-state index in [1.54, 1.807) is 0 Å². The van der Waals surface area contributed by atoms with Gasteiger partial charge in [-0.2, -0.15) is 5.26 Å². The van der Waals surface area contributed by atoms with Crippen LogP contribution in [0.3, 0.4) is 0 Å². The van der Waals surface area contributed by atoms with Crippen LogP contribution in [0.15, 0.2) is 0 Å². The average Bonchev–Trinajstić information content (AvgIpc) is 2.39. The van der Waals surface area contributed by atoms with Gasteiger partial charge < -0.3 is 15.0 Å². The fourth-order valence-electron chi connectivity index (χ4n) is 2.17. The third-order valence-electron chi connectivity index (χ3n) is 3.38. The van der Waals surface area contributed by atoms with Crippen LogP contribution in [0.5, 0.6) is 0 Å². The molecule has 1 atom stereocenters. The van der Waals surface area contributed by atoms with Crippen molar-refractivity contribution in [3.63, 3.8) is 0 Å². The van der Waals surface area contributed by atoms with Crippen molar-refractivity contribution in [2.75, 3.05) is 33.4 Å². The SMILES string of the molecule is CCCNC(C#N)CCN(C)C1CCOCC1. The summed E-state index contributed by atoms with van der Waals surface area (Å²) in [6.45, 7) is 5.80. The highest BCUT2D eigenvalue weighted by atomic mass is 16.5. The third-order valence-corrected chi connectivity index (χ3v) is 3.38. The fraction of sp³-hybridized carbons (Fsp3) is 0.923. The molecule has 1 saturated heterocycles. The summed E-state index contributed by atoms with van der Waals surface area (Å²) in [6, 6.07) is 2.96. The molecule has 4 heteroatoms. The molecule has 0 aromatic rings. The Balaban J connectivity index is 2.20. The molecular weight excluding hydrogens is 214 g/mol. The minimum Gasteiger partial charge on any atom is -0.381 e. The van der Waals surface area contributed by atoms with E-state index in [-0.39, 0.29) is 6.04 Å². The monoisotopic (exact) mass is 239 g/mol. The number of hydrogen-bond donors (Lipinski definition) is 1. The van der Waals surface area contributed by atoms with Crippen LogP contribution < -0.4 is 5.32 Å². The molecule has 1 aliphatic heterocycles. The molecule has 17 heavy (non-hydrogen) atoms. The molecule has 0 spiro atoms. The van der Waals surface area contributed by atoms with E-state index in [2.05, 4.69) is 30.3 Å². The van der Waals surface area contributed by atoms with E-state index in [9.17, 15) is 0 Å². The number of nitriles is 1. The number of nitrogens with zero attached hydrogens (tertiary/aromatic N) is 2. The Morgan fingerprint density at radius 2 is 2.18 bits per heavy atom. The van der Waals surface area contributed by atoms with Crippen molar-refractivity contribution < 1.29 is 4.74 Å². The van der Waals surface area contributed by atoms with E-state index < -0.39 is 0 Å². The first-order chi connectivity index (χ1) is 8.27. The molecule has 0 saturated carbocycles. The summed E-state index contributed by atoms with van der Waals surface area (Å²) in [5, 5.41) is 12.3. The van der Waals surface area contributed by atoms with Crippen molar-refractivity contribution in [2.45, 2.75) is 44.7 Å². The van der Waals surface area contributed by atoms with E-state index in [0.717, 1.165) is 52.0 Å². The van der Waals surface area contributed by atoms with E-state index in [1.165, 1.54) is 0 Å². The van der Waals surface area contributed by atoms with Gasteiger partial charge in [0.05, 0.1) is 12.1 Å². The second kappa shape index (κ2) is 8.46. The largest absolute Gasteiger partial charge is 0.381 e. The molecule has 0 aromatic carbocycles. The highest BCUT2D eigenvalue weighted by Crippen LogP contribution is 2.13. The number of ether oxygens (including phenoxy) is 1. The van der Waals surface area contributed by atoms with E-state index >= 15 is 0 Å². The van der Waals surface area contributed by atoms with Gasteiger partial charge in [0, 0.05) is 25.8 Å². The maximum absolute atomic E-state index is 9.02. The van der Waals surface area contributed by atoms with Gasteiger partial charge in [-0.05, 0) is 39.3 Å². The van der Waals surface area contributed by atoms with Gasteiger partial charge in [-0.25, -0.2) is 0 Å². The van der Waals surface area contributed by atoms with Crippen LogP contribution in [0.1, 0.15) is 32.6 Å². The summed E-state index contributed by atoms with van der Waals surface area (Å²) in [5.41, 5.74) is 0. The van der Waals surface area contributed by atoms with Gasteiger partial charge in [0.25, 0.3) is 0 Å². The van der Waals surface area contributed by atoms with E-state index in [0.29, 0.717) is 6.04 Å². The molecule has 1 heterocycles. The summed E-state index contributed by atoms with van der Waals surface area (Å²) >= 11 is 0. The average molecular weight is 239 g/mol. The molecular formula is C13H25N3O. The molecule has 1 aliphatic rings. The Morgan fingerprint density at radius 1 is 1.47 bits per heavy atom. The van der Waals surface area contributed by atoms with Crippen molar-refractivity contribution in [2.24, 2.45) is 0 Å². The quantitative estimate of drug-likeness (QED) is 0.729. The second-order valence-corrected chi connectivity index (χ2v) is 4.75. The first-order valence-electron chi connectivity index (χ1n) is 6.69. The predicted octanol–water partition coefficient (Wildman–Crippen LogP) is 1.38. The summed E-state index contributed by atoms with van der Waals surface area (Å²) in [6.07, 6.45) is 4.23. The molecule has 98 valence electrons. The van der Waals surface area contributed by atoms with Gasteiger partial charge in [0.1, 0.15) is 0 Å². The minimum absolute atomic E-state index is 0.00256. The van der Waals surface area contributed by atoms with Crippen LogP contribution in [-0.2, 0) is 4.74 Å².